The third-order valence-electron chi connectivity index (χ3n) is 12.6. The van der Waals surface area contributed by atoms with Gasteiger partial charge in [-0.15, -0.1) is 0 Å². The average Bonchev–Trinajstić information content (AvgIpc) is 3.81. The van der Waals surface area contributed by atoms with Crippen molar-refractivity contribution in [2.45, 2.75) is 0 Å². The van der Waals surface area contributed by atoms with Crippen LogP contribution in [-0.4, -0.2) is 13.7 Å². The molecule has 0 unspecified atom stereocenters. The molecule has 3 aromatic heterocycles. The predicted octanol–water partition coefficient (Wildman–Crippen LogP) is 13.8. The smallest absolute Gasteiger partial charge is 0.263 e. The number of benzene rings is 10. The van der Waals surface area contributed by atoms with Crippen molar-refractivity contribution in [2.24, 2.45) is 0 Å². The Morgan fingerprint density at radius 2 is 0.695 bits per heavy atom. The molecule has 0 aliphatic heterocycles. The van der Waals surface area contributed by atoms with Crippen molar-refractivity contribution in [3.05, 3.63) is 211 Å². The van der Waals surface area contributed by atoms with Gasteiger partial charge in [-0.25, -0.2) is 0 Å². The molecule has 274 valence electrons. The topological polar surface area (TPSA) is 31.9 Å². The molecule has 0 N–H and O–H groups in total. The minimum atomic E-state index is -0.0335. The Bertz CT molecular complexity index is 3930. The molecule has 13 aromatic rings. The van der Waals surface area contributed by atoms with Crippen LogP contribution in [0.3, 0.4) is 0 Å². The van der Waals surface area contributed by atoms with Crippen LogP contribution in [0.25, 0.3) is 115 Å². The summed E-state index contributed by atoms with van der Waals surface area (Å²) >= 11 is 0. The van der Waals surface area contributed by atoms with Crippen molar-refractivity contribution in [3.63, 3.8) is 0 Å². The molecule has 0 radical (unpaired) electrons. The molecule has 0 amide bonds. The zero-order valence-corrected chi connectivity index (χ0v) is 31.8. The van der Waals surface area contributed by atoms with Crippen molar-refractivity contribution in [3.8, 4) is 17.1 Å². The molecule has 0 saturated carbocycles. The SMILES string of the molecule is O=c1c2ccc3c(c4ccccc4n3-c3ccccc3)c2c2cc3c(cc2n1-c1ccccc1)c1ccccc1n3-c1ccc2c3ccccc3c3ccccc3c2c1. The van der Waals surface area contributed by atoms with Gasteiger partial charge in [-0.3, -0.25) is 9.36 Å². The number of aromatic nitrogens is 3. The second kappa shape index (κ2) is 12.0. The van der Waals surface area contributed by atoms with Crippen molar-refractivity contribution >= 4 is 97.6 Å². The summed E-state index contributed by atoms with van der Waals surface area (Å²) in [5.74, 6) is 0. The molecule has 4 heteroatoms. The van der Waals surface area contributed by atoms with Gasteiger partial charge in [0.05, 0.1) is 27.6 Å². The monoisotopic (exact) mass is 751 g/mol. The van der Waals surface area contributed by atoms with Gasteiger partial charge in [0.1, 0.15) is 0 Å². The summed E-state index contributed by atoms with van der Waals surface area (Å²) in [6, 6.07) is 71.1. The van der Waals surface area contributed by atoms with Gasteiger partial charge in [0.15, 0.2) is 0 Å². The van der Waals surface area contributed by atoms with E-state index in [1.807, 2.05) is 41.0 Å². The molecule has 0 aliphatic rings. The maximum absolute atomic E-state index is 15.1. The van der Waals surface area contributed by atoms with Crippen LogP contribution < -0.4 is 5.56 Å². The Hall–Kier alpha value is -7.95. The van der Waals surface area contributed by atoms with E-state index in [4.69, 9.17) is 0 Å². The predicted molar refractivity (Wildman–Crippen MR) is 248 cm³/mol. The van der Waals surface area contributed by atoms with Crippen LogP contribution in [0, 0.1) is 0 Å². The van der Waals surface area contributed by atoms with E-state index in [-0.39, 0.29) is 5.56 Å². The van der Waals surface area contributed by atoms with Gasteiger partial charge in [-0.1, -0.05) is 127 Å². The van der Waals surface area contributed by atoms with Gasteiger partial charge in [0.25, 0.3) is 5.56 Å². The molecule has 0 aliphatic carbocycles. The van der Waals surface area contributed by atoms with Crippen LogP contribution in [0.5, 0.6) is 0 Å². The maximum atomic E-state index is 15.1. The van der Waals surface area contributed by atoms with E-state index in [9.17, 15) is 0 Å². The normalized spacial score (nSPS) is 12.1. The van der Waals surface area contributed by atoms with E-state index in [0.29, 0.717) is 5.39 Å². The molecule has 4 nitrogen and oxygen atoms in total. The molecule has 59 heavy (non-hydrogen) atoms. The summed E-state index contributed by atoms with van der Waals surface area (Å²) < 4.78 is 6.67. The van der Waals surface area contributed by atoms with Gasteiger partial charge in [0, 0.05) is 54.8 Å². The summed E-state index contributed by atoms with van der Waals surface area (Å²) in [4.78, 5) is 15.1. The van der Waals surface area contributed by atoms with Crippen molar-refractivity contribution in [1.29, 1.82) is 0 Å². The van der Waals surface area contributed by atoms with E-state index >= 15 is 4.79 Å². The molecule has 13 rings (SSSR count). The molecular weight excluding hydrogens is 719 g/mol. The minimum Gasteiger partial charge on any atom is -0.309 e. The molecule has 0 atom stereocenters. The van der Waals surface area contributed by atoms with Crippen LogP contribution in [0.2, 0.25) is 0 Å². The third kappa shape index (κ3) is 4.40. The second-order valence-corrected chi connectivity index (χ2v) is 15.6. The molecular formula is C55H33N3O. The van der Waals surface area contributed by atoms with Gasteiger partial charge in [-0.2, -0.15) is 0 Å². The fraction of sp³-hybridized carbons (Fsp3) is 0. The van der Waals surface area contributed by atoms with E-state index in [1.54, 1.807) is 0 Å². The van der Waals surface area contributed by atoms with Gasteiger partial charge >= 0.3 is 0 Å². The zero-order chi connectivity index (χ0) is 38.8. The number of para-hydroxylation sites is 4. The zero-order valence-electron chi connectivity index (χ0n) is 31.8. The Kier molecular flexibility index (Phi) is 6.56. The van der Waals surface area contributed by atoms with Crippen molar-refractivity contribution in [1.82, 2.24) is 13.7 Å². The fourth-order valence-corrected chi connectivity index (χ4v) is 10.1. The summed E-state index contributed by atoms with van der Waals surface area (Å²) in [6.45, 7) is 0. The summed E-state index contributed by atoms with van der Waals surface area (Å²) in [5, 5.41) is 14.6. The van der Waals surface area contributed by atoms with Crippen LogP contribution in [-0.2, 0) is 0 Å². The van der Waals surface area contributed by atoms with Crippen LogP contribution in [0.4, 0.5) is 0 Å². The van der Waals surface area contributed by atoms with Crippen LogP contribution in [0.1, 0.15) is 0 Å². The summed E-state index contributed by atoms with van der Waals surface area (Å²) in [6.07, 6.45) is 0. The highest BCUT2D eigenvalue weighted by atomic mass is 16.1. The average molecular weight is 752 g/mol. The molecule has 0 spiro atoms. The first-order valence-corrected chi connectivity index (χ1v) is 20.2. The molecule has 0 bridgehead atoms. The van der Waals surface area contributed by atoms with Gasteiger partial charge in [-0.05, 0) is 105 Å². The number of hydrogen-bond acceptors (Lipinski definition) is 1. The number of fused-ring (bicyclic) bond motifs is 16. The standard InChI is InChI=1S/C55H33N3O/c59-55-44-29-30-50-54(43-24-12-14-26-49(43)56(50)34-15-3-1-4-16-34)53(44)47-33-51-46(32-52(47)58(55)35-17-5-2-6-18-35)42-23-11-13-25-48(42)57(51)36-27-28-41-39-21-8-7-19-37(39)38-20-9-10-22-40(38)45(41)31-36/h1-33H. The Balaban J connectivity index is 1.22. The lowest BCUT2D eigenvalue weighted by atomic mass is 9.94. The largest absolute Gasteiger partial charge is 0.309 e. The number of rotatable bonds is 3. The lowest BCUT2D eigenvalue weighted by Gasteiger charge is -2.16. The second-order valence-electron chi connectivity index (χ2n) is 15.6. The molecule has 10 aromatic carbocycles. The first kappa shape index (κ1) is 32.2. The minimum absolute atomic E-state index is 0.0335. The van der Waals surface area contributed by atoms with E-state index in [2.05, 4.69) is 173 Å². The molecule has 3 heterocycles. The van der Waals surface area contributed by atoms with E-state index in [1.165, 1.54) is 32.3 Å². The Labute approximate surface area is 337 Å². The molecule has 0 fully saturated rings. The summed E-state index contributed by atoms with van der Waals surface area (Å²) in [7, 11) is 0. The lowest BCUT2D eigenvalue weighted by molar-refractivity contribution is 1.06. The number of nitrogens with zero attached hydrogens (tertiary/aromatic N) is 3. The first-order chi connectivity index (χ1) is 29.2. The lowest BCUT2D eigenvalue weighted by Crippen LogP contribution is -2.19. The van der Waals surface area contributed by atoms with Gasteiger partial charge < -0.3 is 9.13 Å². The Morgan fingerprint density at radius 1 is 0.237 bits per heavy atom. The van der Waals surface area contributed by atoms with E-state index in [0.717, 1.165) is 77.0 Å². The highest BCUT2D eigenvalue weighted by Gasteiger charge is 2.23. The number of hydrogen-bond donors (Lipinski definition) is 0. The van der Waals surface area contributed by atoms with Crippen LogP contribution >= 0.6 is 0 Å². The molecule has 0 saturated heterocycles. The van der Waals surface area contributed by atoms with Crippen molar-refractivity contribution in [2.75, 3.05) is 0 Å². The quantitative estimate of drug-likeness (QED) is 0.165. The van der Waals surface area contributed by atoms with E-state index < -0.39 is 0 Å². The highest BCUT2D eigenvalue weighted by Crippen LogP contribution is 2.43. The fourth-order valence-electron chi connectivity index (χ4n) is 10.1. The Morgan fingerprint density at radius 3 is 1.36 bits per heavy atom. The van der Waals surface area contributed by atoms with Gasteiger partial charge in [0.2, 0.25) is 0 Å². The van der Waals surface area contributed by atoms with Crippen LogP contribution in [0.15, 0.2) is 205 Å². The van der Waals surface area contributed by atoms with Crippen molar-refractivity contribution < 1.29 is 0 Å². The summed E-state index contributed by atoms with van der Waals surface area (Å²) in [5.41, 5.74) is 8.24. The third-order valence-corrected chi connectivity index (χ3v) is 12.6. The highest BCUT2D eigenvalue weighted by molar-refractivity contribution is 6.30. The number of pyridine rings is 1. The first-order valence-electron chi connectivity index (χ1n) is 20.2. The maximum Gasteiger partial charge on any atom is 0.263 e.